The van der Waals surface area contributed by atoms with Crippen LogP contribution in [0.25, 0.3) is 0 Å². The summed E-state index contributed by atoms with van der Waals surface area (Å²) in [6.45, 7) is 0. The van der Waals surface area contributed by atoms with Gasteiger partial charge in [-0.2, -0.15) is 5.26 Å². The third-order valence-electron chi connectivity index (χ3n) is 2.31. The summed E-state index contributed by atoms with van der Waals surface area (Å²) in [6, 6.07) is 8.38. The molecule has 0 atom stereocenters. The van der Waals surface area contributed by atoms with Crippen LogP contribution < -0.4 is 9.46 Å². The number of rotatable bonds is 4. The molecule has 1 heterocycles. The van der Waals surface area contributed by atoms with Gasteiger partial charge >= 0.3 is 0 Å². The third kappa shape index (κ3) is 4.15. The van der Waals surface area contributed by atoms with Crippen LogP contribution in [0.1, 0.15) is 5.56 Å². The minimum atomic E-state index is -3.48. The van der Waals surface area contributed by atoms with E-state index >= 15 is 0 Å². The van der Waals surface area contributed by atoms with Gasteiger partial charge in [-0.15, -0.1) is 0 Å². The number of nitriles is 1. The molecule has 0 bridgehead atoms. The maximum atomic E-state index is 13.8. The number of benzene rings is 1. The van der Waals surface area contributed by atoms with Crippen LogP contribution in [0.15, 0.2) is 36.5 Å². The van der Waals surface area contributed by atoms with Gasteiger partial charge in [0.15, 0.2) is 11.6 Å². The monoisotopic (exact) mass is 307 g/mol. The zero-order valence-corrected chi connectivity index (χ0v) is 11.7. The van der Waals surface area contributed by atoms with Crippen LogP contribution in [0.4, 0.5) is 10.1 Å². The van der Waals surface area contributed by atoms with E-state index in [0.29, 0.717) is 5.56 Å². The molecule has 2 rings (SSSR count). The standard InChI is InChI=1S/C13H10FN3O3S/c1-21(18,19)17-10-2-3-12(11(14)7-10)20-13-6-9(8-15)4-5-16-13/h2-7,17H,1H3. The van der Waals surface area contributed by atoms with E-state index in [9.17, 15) is 12.8 Å². The lowest BCUT2D eigenvalue weighted by molar-refractivity contribution is 0.427. The minimum Gasteiger partial charge on any atom is -0.436 e. The first-order valence-electron chi connectivity index (χ1n) is 5.69. The van der Waals surface area contributed by atoms with Crippen LogP contribution in [-0.4, -0.2) is 19.7 Å². The molecule has 1 N–H and O–H groups in total. The zero-order valence-electron chi connectivity index (χ0n) is 10.9. The van der Waals surface area contributed by atoms with E-state index in [1.54, 1.807) is 0 Å². The SMILES string of the molecule is CS(=O)(=O)Nc1ccc(Oc2cc(C#N)ccn2)c(F)c1. The van der Waals surface area contributed by atoms with Crippen molar-refractivity contribution in [2.75, 3.05) is 11.0 Å². The molecular weight excluding hydrogens is 297 g/mol. The van der Waals surface area contributed by atoms with Crippen LogP contribution in [-0.2, 0) is 10.0 Å². The molecule has 0 amide bonds. The fourth-order valence-corrected chi connectivity index (χ4v) is 2.06. The van der Waals surface area contributed by atoms with Gasteiger partial charge in [0.05, 0.1) is 23.6 Å². The topological polar surface area (TPSA) is 92.1 Å². The van der Waals surface area contributed by atoms with Crippen LogP contribution in [0.5, 0.6) is 11.6 Å². The number of ether oxygens (including phenoxy) is 1. The normalized spacial score (nSPS) is 10.7. The first-order valence-corrected chi connectivity index (χ1v) is 7.58. The lowest BCUT2D eigenvalue weighted by Crippen LogP contribution is -2.09. The van der Waals surface area contributed by atoms with E-state index in [-0.39, 0.29) is 17.3 Å². The van der Waals surface area contributed by atoms with E-state index < -0.39 is 15.8 Å². The van der Waals surface area contributed by atoms with Crippen LogP contribution in [0.2, 0.25) is 0 Å². The van der Waals surface area contributed by atoms with Crippen molar-refractivity contribution in [3.63, 3.8) is 0 Å². The lowest BCUT2D eigenvalue weighted by atomic mass is 10.3. The summed E-state index contributed by atoms with van der Waals surface area (Å²) in [5.74, 6) is -0.818. The van der Waals surface area contributed by atoms with Crippen molar-refractivity contribution in [2.45, 2.75) is 0 Å². The van der Waals surface area contributed by atoms with Gasteiger partial charge in [0.25, 0.3) is 0 Å². The number of anilines is 1. The van der Waals surface area contributed by atoms with Crippen molar-refractivity contribution in [2.24, 2.45) is 0 Å². The van der Waals surface area contributed by atoms with Gasteiger partial charge in [0.2, 0.25) is 15.9 Å². The van der Waals surface area contributed by atoms with E-state index in [4.69, 9.17) is 10.00 Å². The highest BCUT2D eigenvalue weighted by atomic mass is 32.2. The van der Waals surface area contributed by atoms with Crippen LogP contribution >= 0.6 is 0 Å². The molecule has 0 aliphatic heterocycles. The van der Waals surface area contributed by atoms with E-state index in [1.165, 1.54) is 30.5 Å². The molecule has 0 saturated heterocycles. The van der Waals surface area contributed by atoms with Gasteiger partial charge in [-0.25, -0.2) is 17.8 Å². The number of nitrogens with zero attached hydrogens (tertiary/aromatic N) is 2. The molecular formula is C13H10FN3O3S. The number of halogens is 1. The first-order chi connectivity index (χ1) is 9.87. The summed E-state index contributed by atoms with van der Waals surface area (Å²) in [7, 11) is -3.48. The van der Waals surface area contributed by atoms with Gasteiger partial charge in [-0.05, 0) is 18.2 Å². The molecule has 0 saturated carbocycles. The minimum absolute atomic E-state index is 0.0665. The predicted molar refractivity (Wildman–Crippen MR) is 73.9 cm³/mol. The van der Waals surface area contributed by atoms with Crippen molar-refractivity contribution in [3.05, 3.63) is 47.9 Å². The molecule has 0 aliphatic carbocycles. The van der Waals surface area contributed by atoms with E-state index in [2.05, 4.69) is 9.71 Å². The maximum absolute atomic E-state index is 13.8. The van der Waals surface area contributed by atoms with Crippen LogP contribution in [0, 0.1) is 17.1 Å². The summed E-state index contributed by atoms with van der Waals surface area (Å²) >= 11 is 0. The average molecular weight is 307 g/mol. The molecule has 108 valence electrons. The average Bonchev–Trinajstić information content (AvgIpc) is 2.40. The quantitative estimate of drug-likeness (QED) is 0.935. The van der Waals surface area contributed by atoms with Gasteiger partial charge in [-0.3, -0.25) is 4.72 Å². The highest BCUT2D eigenvalue weighted by Crippen LogP contribution is 2.26. The number of aromatic nitrogens is 1. The maximum Gasteiger partial charge on any atom is 0.229 e. The molecule has 8 heteroatoms. The van der Waals surface area contributed by atoms with Crippen molar-refractivity contribution < 1.29 is 17.5 Å². The van der Waals surface area contributed by atoms with Crippen molar-refractivity contribution >= 4 is 15.7 Å². The summed E-state index contributed by atoms with van der Waals surface area (Å²) in [4.78, 5) is 3.85. The molecule has 6 nitrogen and oxygen atoms in total. The Balaban J connectivity index is 2.23. The number of pyridine rings is 1. The Morgan fingerprint density at radius 2 is 2.10 bits per heavy atom. The smallest absolute Gasteiger partial charge is 0.229 e. The molecule has 0 fully saturated rings. The number of hydrogen-bond acceptors (Lipinski definition) is 5. The van der Waals surface area contributed by atoms with Crippen molar-refractivity contribution in [3.8, 4) is 17.7 Å². The van der Waals surface area contributed by atoms with Crippen molar-refractivity contribution in [1.82, 2.24) is 4.98 Å². The Morgan fingerprint density at radius 1 is 1.33 bits per heavy atom. The molecule has 1 aromatic heterocycles. The third-order valence-corrected chi connectivity index (χ3v) is 2.92. The summed E-state index contributed by atoms with van der Waals surface area (Å²) in [5, 5.41) is 8.75. The molecule has 2 aromatic rings. The second kappa shape index (κ2) is 5.76. The zero-order chi connectivity index (χ0) is 15.5. The molecule has 0 unspecified atom stereocenters. The second-order valence-corrected chi connectivity index (χ2v) is 5.86. The van der Waals surface area contributed by atoms with Gasteiger partial charge < -0.3 is 4.74 Å². The Kier molecular flexibility index (Phi) is 4.05. The number of nitrogens with one attached hydrogen (secondary N) is 1. The van der Waals surface area contributed by atoms with Gasteiger partial charge in [0, 0.05) is 18.3 Å². The molecule has 0 radical (unpaired) electrons. The van der Waals surface area contributed by atoms with E-state index in [1.807, 2.05) is 6.07 Å². The Morgan fingerprint density at radius 3 is 2.71 bits per heavy atom. The molecule has 0 aliphatic rings. The lowest BCUT2D eigenvalue weighted by Gasteiger charge is -2.08. The Labute approximate surface area is 120 Å². The Bertz CT molecular complexity index is 816. The largest absolute Gasteiger partial charge is 0.436 e. The summed E-state index contributed by atoms with van der Waals surface area (Å²) < 4.78 is 43.3. The second-order valence-electron chi connectivity index (χ2n) is 4.12. The highest BCUT2D eigenvalue weighted by molar-refractivity contribution is 7.92. The fraction of sp³-hybridized carbons (Fsp3) is 0.0769. The molecule has 0 spiro atoms. The first kappa shape index (κ1) is 14.7. The van der Waals surface area contributed by atoms with Crippen molar-refractivity contribution in [1.29, 1.82) is 5.26 Å². The predicted octanol–water partition coefficient (Wildman–Crippen LogP) is 2.26. The van der Waals surface area contributed by atoms with Crippen LogP contribution in [0.3, 0.4) is 0 Å². The summed E-state index contributed by atoms with van der Waals surface area (Å²) in [5.41, 5.74) is 0.414. The highest BCUT2D eigenvalue weighted by Gasteiger charge is 2.09. The summed E-state index contributed by atoms with van der Waals surface area (Å²) in [6.07, 6.45) is 2.33. The fourth-order valence-electron chi connectivity index (χ4n) is 1.51. The molecule has 21 heavy (non-hydrogen) atoms. The van der Waals surface area contributed by atoms with Gasteiger partial charge in [-0.1, -0.05) is 0 Å². The Hall–Kier alpha value is -2.66. The van der Waals surface area contributed by atoms with Gasteiger partial charge in [0.1, 0.15) is 0 Å². The molecule has 1 aromatic carbocycles. The van der Waals surface area contributed by atoms with E-state index in [0.717, 1.165) is 12.3 Å². The number of hydrogen-bond donors (Lipinski definition) is 1. The number of sulfonamides is 1.